The van der Waals surface area contributed by atoms with Crippen LogP contribution in [0, 0.1) is 6.92 Å². The van der Waals surface area contributed by atoms with Crippen LogP contribution in [0.4, 0.5) is 5.69 Å². The minimum atomic E-state index is -4.22. The van der Waals surface area contributed by atoms with Crippen molar-refractivity contribution in [3.63, 3.8) is 0 Å². The Balaban J connectivity index is 1.59. The molecule has 0 heterocycles. The average Bonchev–Trinajstić information content (AvgIpc) is 3.57. The summed E-state index contributed by atoms with van der Waals surface area (Å²) < 4.78 is 29.5. The first-order valence-electron chi connectivity index (χ1n) is 15.3. The zero-order valence-corrected chi connectivity index (χ0v) is 27.9. The van der Waals surface area contributed by atoms with Crippen LogP contribution in [0.5, 0.6) is 0 Å². The van der Waals surface area contributed by atoms with E-state index in [1.807, 2.05) is 36.4 Å². The third-order valence-electron chi connectivity index (χ3n) is 8.33. The summed E-state index contributed by atoms with van der Waals surface area (Å²) in [5.41, 5.74) is 2.38. The van der Waals surface area contributed by atoms with E-state index in [1.54, 1.807) is 61.5 Å². The van der Waals surface area contributed by atoms with Gasteiger partial charge in [0, 0.05) is 29.1 Å². The fraction of sp³-hybridized carbons (Fsp3) is 0.278. The average molecular weight is 679 g/mol. The van der Waals surface area contributed by atoms with Crippen LogP contribution in [-0.4, -0.2) is 43.8 Å². The lowest BCUT2D eigenvalue weighted by Gasteiger charge is -2.34. The van der Waals surface area contributed by atoms with Gasteiger partial charge in [-0.2, -0.15) is 0 Å². The lowest BCUT2D eigenvalue weighted by molar-refractivity contribution is -0.140. The molecule has 1 saturated carbocycles. The molecule has 46 heavy (non-hydrogen) atoms. The predicted octanol–water partition coefficient (Wildman–Crippen LogP) is 7.20. The van der Waals surface area contributed by atoms with E-state index >= 15 is 0 Å². The maximum atomic E-state index is 14.6. The van der Waals surface area contributed by atoms with Crippen LogP contribution < -0.4 is 9.62 Å². The van der Waals surface area contributed by atoms with Gasteiger partial charge in [0.1, 0.15) is 12.6 Å². The molecule has 1 aliphatic rings. The van der Waals surface area contributed by atoms with Gasteiger partial charge in [0.2, 0.25) is 11.8 Å². The molecule has 0 radical (unpaired) electrons. The molecule has 1 aliphatic carbocycles. The highest BCUT2D eigenvalue weighted by Crippen LogP contribution is 2.31. The number of sulfonamides is 1. The summed E-state index contributed by atoms with van der Waals surface area (Å²) in [6, 6.07) is 28.6. The van der Waals surface area contributed by atoms with Gasteiger partial charge in [-0.1, -0.05) is 103 Å². The Labute approximate surface area is 281 Å². The number of benzene rings is 4. The van der Waals surface area contributed by atoms with Crippen molar-refractivity contribution in [1.82, 2.24) is 10.2 Å². The molecule has 5 rings (SSSR count). The van der Waals surface area contributed by atoms with Crippen molar-refractivity contribution in [3.05, 3.63) is 130 Å². The molecule has 7 nitrogen and oxygen atoms in total. The van der Waals surface area contributed by atoms with Crippen LogP contribution in [-0.2, 0) is 32.6 Å². The molecule has 1 N–H and O–H groups in total. The third kappa shape index (κ3) is 8.10. The van der Waals surface area contributed by atoms with Crippen LogP contribution in [0.1, 0.15) is 42.4 Å². The summed E-state index contributed by atoms with van der Waals surface area (Å²) in [5.74, 6) is -0.816. The molecule has 240 valence electrons. The van der Waals surface area contributed by atoms with Crippen molar-refractivity contribution < 1.29 is 18.0 Å². The lowest BCUT2D eigenvalue weighted by atomic mass is 10.0. The number of hydrogen-bond donors (Lipinski definition) is 1. The van der Waals surface area contributed by atoms with E-state index in [9.17, 15) is 18.0 Å². The second-order valence-electron chi connectivity index (χ2n) is 11.6. The Kier molecular flexibility index (Phi) is 11.0. The Bertz CT molecular complexity index is 1760. The Hall–Kier alpha value is -3.85. The lowest BCUT2D eigenvalue weighted by Crippen LogP contribution is -2.54. The number of carbonyl (C=O) groups is 2. The van der Waals surface area contributed by atoms with Crippen molar-refractivity contribution in [2.75, 3.05) is 10.8 Å². The number of halogens is 2. The van der Waals surface area contributed by atoms with Gasteiger partial charge in [-0.05, 0) is 72.9 Å². The van der Waals surface area contributed by atoms with Crippen molar-refractivity contribution in [2.45, 2.75) is 62.6 Å². The van der Waals surface area contributed by atoms with Crippen LogP contribution >= 0.6 is 23.2 Å². The molecule has 0 spiro atoms. The monoisotopic (exact) mass is 677 g/mol. The van der Waals surface area contributed by atoms with Crippen LogP contribution in [0.15, 0.2) is 108 Å². The van der Waals surface area contributed by atoms with E-state index in [0.29, 0.717) is 21.2 Å². The topological polar surface area (TPSA) is 86.8 Å². The van der Waals surface area contributed by atoms with E-state index < -0.39 is 28.5 Å². The number of nitrogens with zero attached hydrogens (tertiary/aromatic N) is 2. The SMILES string of the molecule is Cc1c(Cl)cccc1N(CC(=O)N(Cc1cccc(Cl)c1)[C@H](Cc1ccccc1)C(=O)NC1CCCC1)S(=O)(=O)c1ccccc1. The molecule has 0 unspecified atom stereocenters. The normalized spacial score (nSPS) is 14.1. The first kappa shape index (κ1) is 33.5. The minimum Gasteiger partial charge on any atom is -0.352 e. The number of amides is 2. The summed E-state index contributed by atoms with van der Waals surface area (Å²) in [6.45, 7) is 1.20. The van der Waals surface area contributed by atoms with Gasteiger partial charge in [0.05, 0.1) is 10.6 Å². The summed E-state index contributed by atoms with van der Waals surface area (Å²) in [4.78, 5) is 30.3. The van der Waals surface area contributed by atoms with Crippen molar-refractivity contribution in [3.8, 4) is 0 Å². The Morgan fingerprint density at radius 3 is 2.15 bits per heavy atom. The van der Waals surface area contributed by atoms with Gasteiger partial charge in [0.15, 0.2) is 0 Å². The number of rotatable bonds is 12. The smallest absolute Gasteiger partial charge is 0.264 e. The second kappa shape index (κ2) is 15.2. The summed E-state index contributed by atoms with van der Waals surface area (Å²) in [6.07, 6.45) is 4.06. The van der Waals surface area contributed by atoms with Gasteiger partial charge in [-0.15, -0.1) is 0 Å². The largest absolute Gasteiger partial charge is 0.352 e. The highest BCUT2D eigenvalue weighted by molar-refractivity contribution is 7.92. The first-order chi connectivity index (χ1) is 22.1. The molecule has 0 saturated heterocycles. The molecule has 1 fully saturated rings. The third-order valence-corrected chi connectivity index (χ3v) is 10.8. The van der Waals surface area contributed by atoms with E-state index in [1.165, 1.54) is 17.0 Å². The first-order valence-corrected chi connectivity index (χ1v) is 17.5. The standard InChI is InChI=1S/C36H37Cl2N3O4S/c1-26-32(38)20-11-21-33(26)41(46(44,45)31-18-6-3-7-19-31)25-35(42)40(24-28-14-10-15-29(37)22-28)34(23-27-12-4-2-5-13-27)36(43)39-30-16-8-9-17-30/h2-7,10-15,18-22,30,34H,8-9,16-17,23-25H2,1H3,(H,39,43)/t34-/m1/s1. The number of nitrogens with one attached hydrogen (secondary N) is 1. The van der Waals surface area contributed by atoms with Gasteiger partial charge in [-0.3, -0.25) is 13.9 Å². The van der Waals surface area contributed by atoms with Gasteiger partial charge < -0.3 is 10.2 Å². The predicted molar refractivity (Wildman–Crippen MR) is 183 cm³/mol. The highest BCUT2D eigenvalue weighted by Gasteiger charge is 2.36. The van der Waals surface area contributed by atoms with E-state index in [-0.39, 0.29) is 35.5 Å². The summed E-state index contributed by atoms with van der Waals surface area (Å²) >= 11 is 12.8. The summed E-state index contributed by atoms with van der Waals surface area (Å²) in [5, 5.41) is 4.04. The van der Waals surface area contributed by atoms with Gasteiger partial charge in [0.25, 0.3) is 10.0 Å². The Morgan fingerprint density at radius 1 is 0.848 bits per heavy atom. The second-order valence-corrected chi connectivity index (χ2v) is 14.3. The Morgan fingerprint density at radius 2 is 1.48 bits per heavy atom. The zero-order chi connectivity index (χ0) is 32.7. The van der Waals surface area contributed by atoms with E-state index in [2.05, 4.69) is 5.32 Å². The van der Waals surface area contributed by atoms with Crippen LogP contribution in [0.3, 0.4) is 0 Å². The zero-order valence-electron chi connectivity index (χ0n) is 25.6. The molecule has 2 amide bonds. The van der Waals surface area contributed by atoms with Gasteiger partial charge >= 0.3 is 0 Å². The number of hydrogen-bond acceptors (Lipinski definition) is 4. The minimum absolute atomic E-state index is 0.0259. The number of carbonyl (C=O) groups excluding carboxylic acids is 2. The molecule has 0 bridgehead atoms. The molecular formula is C36H37Cl2N3O4S. The molecule has 4 aromatic rings. The van der Waals surface area contributed by atoms with Crippen LogP contribution in [0.25, 0.3) is 0 Å². The molecule has 0 aromatic heterocycles. The van der Waals surface area contributed by atoms with Crippen LogP contribution in [0.2, 0.25) is 10.0 Å². The maximum absolute atomic E-state index is 14.6. The van der Waals surface area contributed by atoms with Gasteiger partial charge in [-0.25, -0.2) is 8.42 Å². The highest BCUT2D eigenvalue weighted by atomic mass is 35.5. The molecule has 4 aromatic carbocycles. The van der Waals surface area contributed by atoms with E-state index in [0.717, 1.165) is 35.6 Å². The fourth-order valence-electron chi connectivity index (χ4n) is 5.85. The van der Waals surface area contributed by atoms with Crippen molar-refractivity contribution >= 4 is 50.7 Å². The summed E-state index contributed by atoms with van der Waals surface area (Å²) in [7, 11) is -4.22. The maximum Gasteiger partial charge on any atom is 0.264 e. The molecule has 10 heteroatoms. The molecule has 0 aliphatic heterocycles. The molecular weight excluding hydrogens is 641 g/mol. The van der Waals surface area contributed by atoms with E-state index in [4.69, 9.17) is 23.2 Å². The van der Waals surface area contributed by atoms with Crippen molar-refractivity contribution in [1.29, 1.82) is 0 Å². The number of anilines is 1. The molecule has 1 atom stereocenters. The fourth-order valence-corrected chi connectivity index (χ4v) is 7.73. The van der Waals surface area contributed by atoms with Crippen molar-refractivity contribution in [2.24, 2.45) is 0 Å². The quantitative estimate of drug-likeness (QED) is 0.172.